The molecule has 3 heteroatoms. The van der Waals surface area contributed by atoms with E-state index in [0.717, 1.165) is 5.56 Å². The maximum Gasteiger partial charge on any atom is 0.258 e. The lowest BCUT2D eigenvalue weighted by Crippen LogP contribution is -2.14. The van der Waals surface area contributed by atoms with Gasteiger partial charge in [-0.2, -0.15) is 0 Å². The number of rotatable bonds is 1. The van der Waals surface area contributed by atoms with E-state index in [0.29, 0.717) is 11.3 Å². The summed E-state index contributed by atoms with van der Waals surface area (Å²) in [5.41, 5.74) is 3.67. The summed E-state index contributed by atoms with van der Waals surface area (Å²) in [6, 6.07) is 15.4. The number of hydrogen-bond donors (Lipinski definition) is 0. The van der Waals surface area contributed by atoms with Crippen molar-refractivity contribution < 1.29 is 0 Å². The van der Waals surface area contributed by atoms with E-state index in [4.69, 9.17) is 0 Å². The van der Waals surface area contributed by atoms with E-state index in [-0.39, 0.29) is 11.0 Å². The summed E-state index contributed by atoms with van der Waals surface area (Å²) in [4.78, 5) is 16.7. The van der Waals surface area contributed by atoms with Gasteiger partial charge in [-0.3, -0.25) is 9.20 Å². The summed E-state index contributed by atoms with van der Waals surface area (Å²) in [6.07, 6.45) is 1.73. The minimum absolute atomic E-state index is 0.0597. The number of fused-ring (bicyclic) bond motifs is 1. The summed E-state index contributed by atoms with van der Waals surface area (Å²) in [5, 5.41) is 0. The second-order valence-electron chi connectivity index (χ2n) is 6.24. The van der Waals surface area contributed by atoms with Crippen LogP contribution in [0.3, 0.4) is 0 Å². The van der Waals surface area contributed by atoms with Gasteiger partial charge in [0.15, 0.2) is 0 Å². The average molecular weight is 278 g/mol. The molecule has 0 unspecified atom stereocenters. The molecule has 0 aliphatic heterocycles. The van der Waals surface area contributed by atoms with Crippen molar-refractivity contribution in [2.45, 2.75) is 26.2 Å². The summed E-state index contributed by atoms with van der Waals surface area (Å²) in [6.45, 7) is 6.55. The summed E-state index contributed by atoms with van der Waals surface area (Å²) in [5.74, 6) is 0. The molecule has 2 aromatic heterocycles. The number of benzene rings is 1. The van der Waals surface area contributed by atoms with Gasteiger partial charge in [0.25, 0.3) is 5.56 Å². The third kappa shape index (κ3) is 2.59. The maximum atomic E-state index is 12.1. The molecule has 3 nitrogen and oxygen atoms in total. The molecule has 0 spiro atoms. The van der Waals surface area contributed by atoms with Crippen LogP contribution in [0.2, 0.25) is 0 Å². The van der Waals surface area contributed by atoms with E-state index in [1.54, 1.807) is 16.7 Å². The monoisotopic (exact) mass is 278 g/mol. The van der Waals surface area contributed by atoms with Gasteiger partial charge >= 0.3 is 0 Å². The third-order valence-corrected chi connectivity index (χ3v) is 3.62. The summed E-state index contributed by atoms with van der Waals surface area (Å²) >= 11 is 0. The fraction of sp³-hybridized carbons (Fsp3) is 0.222. The van der Waals surface area contributed by atoms with E-state index < -0.39 is 0 Å². The Morgan fingerprint density at radius 1 is 1.00 bits per heavy atom. The largest absolute Gasteiger partial charge is 0.269 e. The van der Waals surface area contributed by atoms with Crippen LogP contribution in [0.25, 0.3) is 16.9 Å². The minimum Gasteiger partial charge on any atom is -0.269 e. The van der Waals surface area contributed by atoms with Crippen molar-refractivity contribution in [2.24, 2.45) is 0 Å². The second-order valence-corrected chi connectivity index (χ2v) is 6.24. The van der Waals surface area contributed by atoms with Crippen molar-refractivity contribution in [1.82, 2.24) is 9.38 Å². The van der Waals surface area contributed by atoms with Crippen molar-refractivity contribution in [1.29, 1.82) is 0 Å². The molecule has 0 atom stereocenters. The Morgan fingerprint density at radius 3 is 2.38 bits per heavy atom. The molecule has 21 heavy (non-hydrogen) atoms. The van der Waals surface area contributed by atoms with Crippen molar-refractivity contribution in [3.05, 3.63) is 70.6 Å². The summed E-state index contributed by atoms with van der Waals surface area (Å²) in [7, 11) is 0. The van der Waals surface area contributed by atoms with Gasteiger partial charge in [-0.25, -0.2) is 4.98 Å². The first-order chi connectivity index (χ1) is 9.95. The molecule has 3 rings (SSSR count). The smallest absolute Gasteiger partial charge is 0.258 e. The average Bonchev–Trinajstić information content (AvgIpc) is 2.46. The lowest BCUT2D eigenvalue weighted by molar-refractivity contribution is 0.590. The molecular weight excluding hydrogens is 260 g/mol. The van der Waals surface area contributed by atoms with Gasteiger partial charge in [0.1, 0.15) is 5.65 Å². The van der Waals surface area contributed by atoms with E-state index >= 15 is 0 Å². The topological polar surface area (TPSA) is 34.4 Å². The number of nitrogens with zero attached hydrogens (tertiary/aromatic N) is 2. The SMILES string of the molecule is CC(C)(C)c1ccc(-c2cc(=O)n3ccccc3n2)cc1. The van der Waals surface area contributed by atoms with Crippen LogP contribution < -0.4 is 5.56 Å². The molecule has 106 valence electrons. The Hall–Kier alpha value is -2.42. The van der Waals surface area contributed by atoms with Crippen molar-refractivity contribution in [2.75, 3.05) is 0 Å². The zero-order chi connectivity index (χ0) is 15.0. The van der Waals surface area contributed by atoms with Crippen LogP contribution in [0.1, 0.15) is 26.3 Å². The molecule has 0 saturated heterocycles. The van der Waals surface area contributed by atoms with E-state index in [2.05, 4.69) is 37.9 Å². The Labute approximate surface area is 123 Å². The van der Waals surface area contributed by atoms with Crippen LogP contribution >= 0.6 is 0 Å². The minimum atomic E-state index is -0.0597. The van der Waals surface area contributed by atoms with Gasteiger partial charge in [-0.1, -0.05) is 51.1 Å². The third-order valence-electron chi connectivity index (χ3n) is 3.62. The predicted octanol–water partition coefficient (Wildman–Crippen LogP) is 3.66. The van der Waals surface area contributed by atoms with Gasteiger partial charge in [-0.05, 0) is 23.1 Å². The van der Waals surface area contributed by atoms with Crippen molar-refractivity contribution in [3.8, 4) is 11.3 Å². The van der Waals surface area contributed by atoms with Crippen LogP contribution in [0.5, 0.6) is 0 Å². The first-order valence-electron chi connectivity index (χ1n) is 7.04. The normalized spacial score (nSPS) is 11.8. The lowest BCUT2D eigenvalue weighted by atomic mass is 9.86. The predicted molar refractivity (Wildman–Crippen MR) is 85.6 cm³/mol. The highest BCUT2D eigenvalue weighted by Crippen LogP contribution is 2.25. The van der Waals surface area contributed by atoms with Gasteiger partial charge in [0.2, 0.25) is 0 Å². The first kappa shape index (κ1) is 13.6. The highest BCUT2D eigenvalue weighted by atomic mass is 16.1. The number of hydrogen-bond acceptors (Lipinski definition) is 2. The van der Waals surface area contributed by atoms with Crippen molar-refractivity contribution >= 4 is 5.65 Å². The van der Waals surface area contributed by atoms with Gasteiger partial charge in [0.05, 0.1) is 5.69 Å². The van der Waals surface area contributed by atoms with Gasteiger partial charge in [0, 0.05) is 17.8 Å². The molecule has 0 aliphatic rings. The molecule has 0 bridgehead atoms. The Morgan fingerprint density at radius 2 is 1.71 bits per heavy atom. The van der Waals surface area contributed by atoms with Gasteiger partial charge in [-0.15, -0.1) is 0 Å². The fourth-order valence-electron chi connectivity index (χ4n) is 2.34. The van der Waals surface area contributed by atoms with Crippen LogP contribution in [-0.4, -0.2) is 9.38 Å². The number of pyridine rings is 1. The quantitative estimate of drug-likeness (QED) is 0.681. The number of aromatic nitrogens is 2. The fourth-order valence-corrected chi connectivity index (χ4v) is 2.34. The molecule has 0 radical (unpaired) electrons. The second kappa shape index (κ2) is 4.85. The zero-order valence-electron chi connectivity index (χ0n) is 12.5. The standard InChI is InChI=1S/C18H18N2O/c1-18(2,3)14-9-7-13(8-10-14)15-12-17(21)20-11-5-4-6-16(20)19-15/h4-12H,1-3H3. The Balaban J connectivity index is 2.10. The van der Waals surface area contributed by atoms with Gasteiger partial charge < -0.3 is 0 Å². The highest BCUT2D eigenvalue weighted by Gasteiger charge is 2.13. The van der Waals surface area contributed by atoms with E-state index in [1.807, 2.05) is 30.3 Å². The molecule has 1 aromatic carbocycles. The molecule has 0 N–H and O–H groups in total. The molecule has 2 heterocycles. The molecular formula is C18H18N2O. The van der Waals surface area contributed by atoms with E-state index in [1.165, 1.54) is 5.56 Å². The van der Waals surface area contributed by atoms with Crippen LogP contribution in [0.4, 0.5) is 0 Å². The molecule has 0 saturated carbocycles. The van der Waals surface area contributed by atoms with E-state index in [9.17, 15) is 4.79 Å². The van der Waals surface area contributed by atoms with Crippen molar-refractivity contribution in [3.63, 3.8) is 0 Å². The van der Waals surface area contributed by atoms with Crippen LogP contribution in [-0.2, 0) is 5.41 Å². The molecule has 0 aliphatic carbocycles. The lowest BCUT2D eigenvalue weighted by Gasteiger charge is -2.19. The first-order valence-corrected chi connectivity index (χ1v) is 7.04. The van der Waals surface area contributed by atoms with Crippen LogP contribution in [0, 0.1) is 0 Å². The summed E-state index contributed by atoms with van der Waals surface area (Å²) < 4.78 is 1.55. The van der Waals surface area contributed by atoms with Crippen LogP contribution in [0.15, 0.2) is 59.5 Å². The molecule has 0 amide bonds. The zero-order valence-corrected chi connectivity index (χ0v) is 12.5. The molecule has 3 aromatic rings. The Bertz CT molecular complexity index is 839. The maximum absolute atomic E-state index is 12.1. The molecule has 0 fully saturated rings. The Kier molecular flexibility index (Phi) is 3.13. The highest BCUT2D eigenvalue weighted by molar-refractivity contribution is 5.62.